The first-order chi connectivity index (χ1) is 15.4. The van der Waals surface area contributed by atoms with E-state index in [2.05, 4.69) is 9.84 Å². The standard InChI is InChI=1S/C23H20ClF2N3O3/c1-28-20-15-7-6-14(24)12-19(15)32-23(17(20)13-27-28)8-10-29(11-9-23)21(30)16-4-2-3-5-18(16)31-22(25)26/h2-7,12-13,22H,8-11H2,1H3. The highest BCUT2D eigenvalue weighted by Gasteiger charge is 2.46. The molecule has 1 saturated heterocycles. The number of hydrogen-bond donors (Lipinski definition) is 0. The van der Waals surface area contributed by atoms with Gasteiger partial charge in [0.05, 0.1) is 17.5 Å². The molecule has 0 aliphatic carbocycles. The molecule has 32 heavy (non-hydrogen) atoms. The van der Waals surface area contributed by atoms with Crippen LogP contribution in [0.15, 0.2) is 48.7 Å². The first-order valence-electron chi connectivity index (χ1n) is 10.2. The van der Waals surface area contributed by atoms with Crippen LogP contribution in [0.4, 0.5) is 8.78 Å². The van der Waals surface area contributed by atoms with Crippen LogP contribution in [-0.2, 0) is 12.6 Å². The summed E-state index contributed by atoms with van der Waals surface area (Å²) in [6.45, 7) is -2.21. The lowest BCUT2D eigenvalue weighted by Gasteiger charge is -2.44. The fraction of sp³-hybridized carbons (Fsp3) is 0.304. The predicted molar refractivity (Wildman–Crippen MR) is 114 cm³/mol. The van der Waals surface area contributed by atoms with Gasteiger partial charge in [-0.15, -0.1) is 0 Å². The summed E-state index contributed by atoms with van der Waals surface area (Å²) in [6, 6.07) is 11.6. The van der Waals surface area contributed by atoms with Gasteiger partial charge < -0.3 is 14.4 Å². The second kappa shape index (κ2) is 7.78. The molecule has 0 radical (unpaired) electrons. The van der Waals surface area contributed by atoms with Gasteiger partial charge in [0.25, 0.3) is 5.91 Å². The Labute approximate surface area is 188 Å². The molecule has 0 atom stereocenters. The van der Waals surface area contributed by atoms with E-state index in [0.717, 1.165) is 16.8 Å². The highest BCUT2D eigenvalue weighted by atomic mass is 35.5. The Morgan fingerprint density at radius 1 is 1.22 bits per heavy atom. The number of halogens is 3. The number of carbonyl (C=O) groups excluding carboxylic acids is 1. The molecule has 6 nitrogen and oxygen atoms in total. The van der Waals surface area contributed by atoms with Crippen LogP contribution >= 0.6 is 11.6 Å². The van der Waals surface area contributed by atoms with Crippen molar-refractivity contribution in [3.8, 4) is 22.8 Å². The number of nitrogens with zero attached hydrogens (tertiary/aromatic N) is 3. The molecule has 1 spiro atoms. The van der Waals surface area contributed by atoms with Crippen LogP contribution in [0.1, 0.15) is 28.8 Å². The quantitative estimate of drug-likeness (QED) is 0.561. The molecular formula is C23H20ClF2N3O3. The lowest BCUT2D eigenvalue weighted by atomic mass is 9.81. The van der Waals surface area contributed by atoms with E-state index in [4.69, 9.17) is 16.3 Å². The highest BCUT2D eigenvalue weighted by Crippen LogP contribution is 2.50. The SMILES string of the molecule is Cn1ncc2c1-c1ccc(Cl)cc1OC21CCN(C(=O)c2ccccc2OC(F)F)CC1. The summed E-state index contributed by atoms with van der Waals surface area (Å²) in [5.41, 5.74) is 2.35. The van der Waals surface area contributed by atoms with Crippen molar-refractivity contribution in [2.45, 2.75) is 25.1 Å². The monoisotopic (exact) mass is 459 g/mol. The fourth-order valence-corrected chi connectivity index (χ4v) is 4.75. The van der Waals surface area contributed by atoms with E-state index in [1.54, 1.807) is 23.1 Å². The highest BCUT2D eigenvalue weighted by molar-refractivity contribution is 6.30. The Hall–Kier alpha value is -3.13. The van der Waals surface area contributed by atoms with Gasteiger partial charge in [-0.25, -0.2) is 0 Å². The zero-order valence-corrected chi connectivity index (χ0v) is 18.0. The molecule has 9 heteroatoms. The normalized spacial score (nSPS) is 16.5. The minimum atomic E-state index is -3.00. The van der Waals surface area contributed by atoms with Crippen molar-refractivity contribution in [3.63, 3.8) is 0 Å². The number of para-hydroxylation sites is 1. The Bertz CT molecular complexity index is 1190. The maximum absolute atomic E-state index is 13.1. The molecule has 3 aromatic rings. The molecule has 0 unspecified atom stereocenters. The smallest absolute Gasteiger partial charge is 0.387 e. The third-order valence-corrected chi connectivity index (χ3v) is 6.36. The Balaban J connectivity index is 1.42. The number of piperidine rings is 1. The van der Waals surface area contributed by atoms with Crippen molar-refractivity contribution >= 4 is 17.5 Å². The molecule has 0 N–H and O–H groups in total. The molecule has 0 saturated carbocycles. The van der Waals surface area contributed by atoms with Crippen molar-refractivity contribution in [3.05, 3.63) is 64.8 Å². The average Bonchev–Trinajstić information content (AvgIpc) is 3.16. The van der Waals surface area contributed by atoms with E-state index in [9.17, 15) is 13.6 Å². The summed E-state index contributed by atoms with van der Waals surface area (Å²) in [5, 5.41) is 5.02. The third-order valence-electron chi connectivity index (χ3n) is 6.13. The van der Waals surface area contributed by atoms with Gasteiger partial charge in [0.15, 0.2) is 0 Å². The van der Waals surface area contributed by atoms with Crippen LogP contribution in [0.3, 0.4) is 0 Å². The van der Waals surface area contributed by atoms with Gasteiger partial charge in [-0.3, -0.25) is 9.48 Å². The van der Waals surface area contributed by atoms with Crippen molar-refractivity contribution in [2.75, 3.05) is 13.1 Å². The van der Waals surface area contributed by atoms with E-state index in [0.29, 0.717) is 36.7 Å². The topological polar surface area (TPSA) is 56.6 Å². The molecule has 1 fully saturated rings. The summed E-state index contributed by atoms with van der Waals surface area (Å²) in [5.74, 6) is 0.214. The minimum absolute atomic E-state index is 0.118. The van der Waals surface area contributed by atoms with Gasteiger partial charge in [0.1, 0.15) is 17.1 Å². The summed E-state index contributed by atoms with van der Waals surface area (Å²) < 4.78 is 38.4. The van der Waals surface area contributed by atoms with Crippen LogP contribution in [0.2, 0.25) is 5.02 Å². The number of alkyl halides is 2. The van der Waals surface area contributed by atoms with Crippen LogP contribution in [-0.4, -0.2) is 40.3 Å². The van der Waals surface area contributed by atoms with Gasteiger partial charge in [0.2, 0.25) is 0 Å². The van der Waals surface area contributed by atoms with Crippen LogP contribution < -0.4 is 9.47 Å². The first kappa shape index (κ1) is 20.8. The maximum atomic E-state index is 13.1. The molecular weight excluding hydrogens is 440 g/mol. The number of benzene rings is 2. The van der Waals surface area contributed by atoms with Crippen LogP contribution in [0, 0.1) is 0 Å². The van der Waals surface area contributed by atoms with E-state index in [-0.39, 0.29) is 17.2 Å². The number of hydrogen-bond acceptors (Lipinski definition) is 4. The summed E-state index contributed by atoms with van der Waals surface area (Å²) in [7, 11) is 1.88. The maximum Gasteiger partial charge on any atom is 0.387 e. The summed E-state index contributed by atoms with van der Waals surface area (Å²) in [6.07, 6.45) is 2.87. The first-order valence-corrected chi connectivity index (χ1v) is 10.6. The molecule has 166 valence electrons. The van der Waals surface area contributed by atoms with E-state index in [1.807, 2.05) is 30.1 Å². The van der Waals surface area contributed by atoms with Gasteiger partial charge in [-0.1, -0.05) is 23.7 Å². The van der Waals surface area contributed by atoms with E-state index >= 15 is 0 Å². The lowest BCUT2D eigenvalue weighted by Crippen LogP contribution is -2.49. The fourth-order valence-electron chi connectivity index (χ4n) is 4.59. The number of fused-ring (bicyclic) bond motifs is 4. The Morgan fingerprint density at radius 3 is 2.72 bits per heavy atom. The average molecular weight is 460 g/mol. The zero-order valence-electron chi connectivity index (χ0n) is 17.2. The molecule has 1 aromatic heterocycles. The summed E-state index contributed by atoms with van der Waals surface area (Å²) in [4.78, 5) is 14.7. The summed E-state index contributed by atoms with van der Waals surface area (Å²) >= 11 is 6.21. The number of likely N-dealkylation sites (tertiary alicyclic amines) is 1. The van der Waals surface area contributed by atoms with Crippen LogP contribution in [0.5, 0.6) is 11.5 Å². The number of aromatic nitrogens is 2. The van der Waals surface area contributed by atoms with Crippen molar-refractivity contribution < 1.29 is 23.0 Å². The second-order valence-electron chi connectivity index (χ2n) is 7.93. The molecule has 5 rings (SSSR count). The molecule has 0 bridgehead atoms. The van der Waals surface area contributed by atoms with Gasteiger partial charge in [-0.2, -0.15) is 13.9 Å². The largest absolute Gasteiger partial charge is 0.482 e. The molecule has 3 heterocycles. The molecule has 1 amide bonds. The molecule has 2 aliphatic rings. The van der Waals surface area contributed by atoms with Gasteiger partial charge in [0, 0.05) is 49.1 Å². The number of ether oxygens (including phenoxy) is 2. The van der Waals surface area contributed by atoms with E-state index < -0.39 is 12.2 Å². The number of rotatable bonds is 3. The number of carbonyl (C=O) groups is 1. The van der Waals surface area contributed by atoms with Crippen molar-refractivity contribution in [1.29, 1.82) is 0 Å². The molecule has 2 aliphatic heterocycles. The second-order valence-corrected chi connectivity index (χ2v) is 8.37. The Morgan fingerprint density at radius 2 is 1.97 bits per heavy atom. The predicted octanol–water partition coefficient (Wildman–Crippen LogP) is 4.87. The number of amides is 1. The van der Waals surface area contributed by atoms with Crippen molar-refractivity contribution in [2.24, 2.45) is 7.05 Å². The van der Waals surface area contributed by atoms with Gasteiger partial charge in [-0.05, 0) is 30.3 Å². The number of aryl methyl sites for hydroxylation is 1. The molecule has 2 aromatic carbocycles. The van der Waals surface area contributed by atoms with Crippen LogP contribution in [0.25, 0.3) is 11.3 Å². The lowest BCUT2D eigenvalue weighted by molar-refractivity contribution is -0.0504. The Kier molecular flexibility index (Phi) is 5.04. The zero-order chi connectivity index (χ0) is 22.5. The third kappa shape index (κ3) is 3.39. The van der Waals surface area contributed by atoms with Crippen molar-refractivity contribution in [1.82, 2.24) is 14.7 Å². The van der Waals surface area contributed by atoms with Gasteiger partial charge >= 0.3 is 6.61 Å². The minimum Gasteiger partial charge on any atom is -0.482 e. The van der Waals surface area contributed by atoms with E-state index in [1.165, 1.54) is 12.1 Å².